The van der Waals surface area contributed by atoms with Crippen LogP contribution in [0.2, 0.25) is 0 Å². The van der Waals surface area contributed by atoms with E-state index in [1.807, 2.05) is 0 Å². The van der Waals surface area contributed by atoms with Crippen LogP contribution in [0.5, 0.6) is 0 Å². The van der Waals surface area contributed by atoms with Crippen molar-refractivity contribution in [2.45, 2.75) is 20.8 Å². The molecule has 0 saturated heterocycles. The molecular weight excluding hydrogens is 274 g/mol. The Hall–Kier alpha value is -2.06. The van der Waals surface area contributed by atoms with Gasteiger partial charge in [0.2, 0.25) is 0 Å². The molecule has 3 rings (SSSR count). The molecule has 0 spiro atoms. The lowest BCUT2D eigenvalue weighted by molar-refractivity contribution is 1.27. The molecule has 0 aliphatic heterocycles. The molecule has 1 heterocycles. The third kappa shape index (κ3) is 2.86. The van der Waals surface area contributed by atoms with E-state index in [9.17, 15) is 0 Å². The van der Waals surface area contributed by atoms with Gasteiger partial charge in [-0.3, -0.25) is 0 Å². The molecule has 1 nitrogen and oxygen atoms in total. The first-order chi connectivity index (χ1) is 10.1. The van der Waals surface area contributed by atoms with Gasteiger partial charge in [-0.2, -0.15) is 0 Å². The number of anilines is 3. The summed E-state index contributed by atoms with van der Waals surface area (Å²) < 4.78 is 0. The molecule has 21 heavy (non-hydrogen) atoms. The molecular formula is C19H19NS. The summed E-state index contributed by atoms with van der Waals surface area (Å²) in [6.07, 6.45) is 0. The van der Waals surface area contributed by atoms with Gasteiger partial charge in [0.1, 0.15) is 5.00 Å². The lowest BCUT2D eigenvalue weighted by Gasteiger charge is -2.25. The minimum Gasteiger partial charge on any atom is -0.302 e. The molecule has 2 heteroatoms. The molecule has 0 radical (unpaired) electrons. The van der Waals surface area contributed by atoms with Crippen molar-refractivity contribution in [1.82, 2.24) is 0 Å². The smallest absolute Gasteiger partial charge is 0.103 e. The van der Waals surface area contributed by atoms with Gasteiger partial charge in [-0.05, 0) is 62.0 Å². The monoisotopic (exact) mass is 293 g/mol. The molecule has 0 fully saturated rings. The van der Waals surface area contributed by atoms with E-state index in [0.717, 1.165) is 0 Å². The summed E-state index contributed by atoms with van der Waals surface area (Å²) >= 11 is 1.78. The van der Waals surface area contributed by atoms with Gasteiger partial charge in [0, 0.05) is 11.4 Å². The third-order valence-electron chi connectivity index (χ3n) is 3.62. The topological polar surface area (TPSA) is 3.24 Å². The summed E-state index contributed by atoms with van der Waals surface area (Å²) in [5.41, 5.74) is 6.28. The maximum Gasteiger partial charge on any atom is 0.103 e. The standard InChI is InChI=1S/C19H19NS/c1-14-4-8-17(9-5-14)20(19-16(3)12-13-21-19)18-10-6-15(2)7-11-18/h4-13H,1-3H3. The number of aryl methyl sites for hydroxylation is 3. The second kappa shape index (κ2) is 5.74. The number of thiophene rings is 1. The van der Waals surface area contributed by atoms with Crippen molar-refractivity contribution in [3.8, 4) is 0 Å². The molecule has 3 aromatic rings. The SMILES string of the molecule is Cc1ccc(N(c2ccc(C)cc2)c2sccc2C)cc1. The lowest BCUT2D eigenvalue weighted by Crippen LogP contribution is -2.09. The number of nitrogens with zero attached hydrogens (tertiary/aromatic N) is 1. The zero-order valence-electron chi connectivity index (χ0n) is 12.6. The van der Waals surface area contributed by atoms with E-state index in [1.165, 1.54) is 33.1 Å². The van der Waals surface area contributed by atoms with Crippen LogP contribution in [-0.2, 0) is 0 Å². The lowest BCUT2D eigenvalue weighted by atomic mass is 10.1. The predicted molar refractivity (Wildman–Crippen MR) is 93.2 cm³/mol. The van der Waals surface area contributed by atoms with E-state index < -0.39 is 0 Å². The highest BCUT2D eigenvalue weighted by Gasteiger charge is 2.15. The average Bonchev–Trinajstić information content (AvgIpc) is 2.90. The molecule has 106 valence electrons. The Labute approximate surface area is 130 Å². The van der Waals surface area contributed by atoms with E-state index in [2.05, 4.69) is 85.6 Å². The summed E-state index contributed by atoms with van der Waals surface area (Å²) in [5, 5.41) is 3.43. The fourth-order valence-electron chi connectivity index (χ4n) is 2.37. The summed E-state index contributed by atoms with van der Waals surface area (Å²) in [6, 6.07) is 19.6. The minimum absolute atomic E-state index is 1.20. The second-order valence-corrected chi connectivity index (χ2v) is 6.31. The molecule has 2 aromatic carbocycles. The van der Waals surface area contributed by atoms with Crippen LogP contribution in [-0.4, -0.2) is 0 Å². The largest absolute Gasteiger partial charge is 0.302 e. The quantitative estimate of drug-likeness (QED) is 0.560. The van der Waals surface area contributed by atoms with Crippen LogP contribution in [0.4, 0.5) is 16.4 Å². The third-order valence-corrected chi connectivity index (χ3v) is 4.62. The molecule has 0 atom stereocenters. The highest BCUT2D eigenvalue weighted by molar-refractivity contribution is 7.14. The van der Waals surface area contributed by atoms with Gasteiger partial charge in [-0.1, -0.05) is 35.4 Å². The molecule has 0 bridgehead atoms. The van der Waals surface area contributed by atoms with Gasteiger partial charge in [-0.25, -0.2) is 0 Å². The maximum atomic E-state index is 2.33. The van der Waals surface area contributed by atoms with E-state index in [-0.39, 0.29) is 0 Å². The minimum atomic E-state index is 1.20. The van der Waals surface area contributed by atoms with Crippen LogP contribution < -0.4 is 4.90 Å². The Balaban J connectivity index is 2.13. The normalized spacial score (nSPS) is 10.6. The van der Waals surface area contributed by atoms with E-state index in [1.54, 1.807) is 11.3 Å². The molecule has 0 saturated carbocycles. The van der Waals surface area contributed by atoms with Crippen molar-refractivity contribution < 1.29 is 0 Å². The first-order valence-electron chi connectivity index (χ1n) is 7.13. The van der Waals surface area contributed by atoms with Crippen molar-refractivity contribution in [2.24, 2.45) is 0 Å². The maximum absolute atomic E-state index is 2.33. The average molecular weight is 293 g/mol. The molecule has 0 aliphatic carbocycles. The van der Waals surface area contributed by atoms with Crippen LogP contribution >= 0.6 is 11.3 Å². The Kier molecular flexibility index (Phi) is 3.80. The number of benzene rings is 2. The van der Waals surface area contributed by atoms with Crippen LogP contribution in [0.3, 0.4) is 0 Å². The Morgan fingerprint density at radius 2 is 1.14 bits per heavy atom. The number of rotatable bonds is 3. The summed E-state index contributed by atoms with van der Waals surface area (Å²) in [6.45, 7) is 6.41. The van der Waals surface area contributed by atoms with Crippen molar-refractivity contribution in [3.63, 3.8) is 0 Å². The first kappa shape index (κ1) is 13.9. The Morgan fingerprint density at radius 3 is 1.52 bits per heavy atom. The Bertz CT molecular complexity index is 678. The molecule has 0 aliphatic rings. The predicted octanol–water partition coefficient (Wildman–Crippen LogP) is 6.14. The van der Waals surface area contributed by atoms with Crippen molar-refractivity contribution in [1.29, 1.82) is 0 Å². The van der Waals surface area contributed by atoms with Crippen LogP contribution in [0, 0.1) is 20.8 Å². The van der Waals surface area contributed by atoms with Gasteiger partial charge in [0.15, 0.2) is 0 Å². The van der Waals surface area contributed by atoms with Gasteiger partial charge in [-0.15, -0.1) is 11.3 Å². The van der Waals surface area contributed by atoms with Crippen LogP contribution in [0.1, 0.15) is 16.7 Å². The van der Waals surface area contributed by atoms with Crippen molar-refractivity contribution in [2.75, 3.05) is 4.90 Å². The summed E-state index contributed by atoms with van der Waals surface area (Å²) in [7, 11) is 0. The molecule has 0 amide bonds. The van der Waals surface area contributed by atoms with Gasteiger partial charge in [0.05, 0.1) is 0 Å². The fraction of sp³-hybridized carbons (Fsp3) is 0.158. The number of hydrogen-bond acceptors (Lipinski definition) is 2. The van der Waals surface area contributed by atoms with Crippen molar-refractivity contribution >= 4 is 27.7 Å². The summed E-state index contributed by atoms with van der Waals surface area (Å²) in [5.74, 6) is 0. The zero-order chi connectivity index (χ0) is 14.8. The van der Waals surface area contributed by atoms with Crippen LogP contribution in [0.15, 0.2) is 60.0 Å². The highest BCUT2D eigenvalue weighted by atomic mass is 32.1. The zero-order valence-corrected chi connectivity index (χ0v) is 13.4. The molecule has 0 N–H and O–H groups in total. The van der Waals surface area contributed by atoms with Crippen molar-refractivity contribution in [3.05, 3.63) is 76.7 Å². The molecule has 0 unspecified atom stereocenters. The molecule has 1 aromatic heterocycles. The van der Waals surface area contributed by atoms with Gasteiger partial charge in [0.25, 0.3) is 0 Å². The fourth-order valence-corrected chi connectivity index (χ4v) is 3.34. The van der Waals surface area contributed by atoms with Gasteiger partial charge >= 0.3 is 0 Å². The second-order valence-electron chi connectivity index (χ2n) is 5.42. The van der Waals surface area contributed by atoms with E-state index in [4.69, 9.17) is 0 Å². The van der Waals surface area contributed by atoms with E-state index in [0.29, 0.717) is 0 Å². The van der Waals surface area contributed by atoms with Gasteiger partial charge < -0.3 is 4.90 Å². The first-order valence-corrected chi connectivity index (χ1v) is 8.01. The van der Waals surface area contributed by atoms with E-state index >= 15 is 0 Å². The number of hydrogen-bond donors (Lipinski definition) is 0. The Morgan fingerprint density at radius 1 is 0.667 bits per heavy atom. The highest BCUT2D eigenvalue weighted by Crippen LogP contribution is 2.39. The summed E-state index contributed by atoms with van der Waals surface area (Å²) in [4.78, 5) is 2.33. The van der Waals surface area contributed by atoms with Crippen LogP contribution in [0.25, 0.3) is 0 Å².